The van der Waals surface area contributed by atoms with Gasteiger partial charge in [0.2, 0.25) is 0 Å². The molecule has 0 saturated heterocycles. The van der Waals surface area contributed by atoms with Crippen molar-refractivity contribution in [2.45, 2.75) is 19.9 Å². The summed E-state index contributed by atoms with van der Waals surface area (Å²) in [5.41, 5.74) is 3.69. The molecule has 0 bridgehead atoms. The van der Waals surface area contributed by atoms with Crippen molar-refractivity contribution in [3.63, 3.8) is 0 Å². The summed E-state index contributed by atoms with van der Waals surface area (Å²) in [5, 5.41) is 12.5. The predicted octanol–water partition coefficient (Wildman–Crippen LogP) is 4.34. The highest BCUT2D eigenvalue weighted by Gasteiger charge is 2.21. The highest BCUT2D eigenvalue weighted by Crippen LogP contribution is 2.28. The van der Waals surface area contributed by atoms with Gasteiger partial charge >= 0.3 is 0 Å². The number of thiophene rings is 1. The second kappa shape index (κ2) is 7.52. The van der Waals surface area contributed by atoms with Crippen LogP contribution >= 0.6 is 11.3 Å². The van der Waals surface area contributed by atoms with Crippen LogP contribution in [-0.2, 0) is 0 Å². The summed E-state index contributed by atoms with van der Waals surface area (Å²) in [5.74, 6) is 0.604. The lowest BCUT2D eigenvalue weighted by Gasteiger charge is -2.19. The van der Waals surface area contributed by atoms with Gasteiger partial charge in [-0.25, -0.2) is 0 Å². The Bertz CT molecular complexity index is 1110. The minimum atomic E-state index is -0.264. The summed E-state index contributed by atoms with van der Waals surface area (Å²) in [7, 11) is 1.58. The Kier molecular flexibility index (Phi) is 4.92. The summed E-state index contributed by atoms with van der Waals surface area (Å²) in [6.45, 7) is 4.40. The molecule has 1 N–H and O–H groups in total. The molecule has 0 aliphatic heterocycles. The van der Waals surface area contributed by atoms with E-state index in [1.54, 1.807) is 24.5 Å². The Morgan fingerprint density at radius 3 is 2.86 bits per heavy atom. The molecule has 0 fully saturated rings. The molecule has 0 aliphatic carbocycles. The Morgan fingerprint density at radius 2 is 2.18 bits per heavy atom. The molecule has 6 nitrogen and oxygen atoms in total. The maximum Gasteiger partial charge on any atom is 0.287 e. The summed E-state index contributed by atoms with van der Waals surface area (Å²) < 4.78 is 13.0. The van der Waals surface area contributed by atoms with Crippen molar-refractivity contribution in [1.29, 1.82) is 0 Å². The molecule has 4 rings (SSSR count). The lowest BCUT2D eigenvalue weighted by atomic mass is 10.1. The zero-order valence-electron chi connectivity index (χ0n) is 15.9. The van der Waals surface area contributed by atoms with Crippen molar-refractivity contribution in [3.05, 3.63) is 69.9 Å². The molecule has 144 valence electrons. The molecule has 0 radical (unpaired) electrons. The second-order valence-electron chi connectivity index (χ2n) is 6.64. The number of para-hydroxylation sites is 1. The summed E-state index contributed by atoms with van der Waals surface area (Å²) >= 11 is 1.63. The van der Waals surface area contributed by atoms with Crippen LogP contribution in [0.1, 0.15) is 33.5 Å². The van der Waals surface area contributed by atoms with Crippen LogP contribution in [-0.4, -0.2) is 29.3 Å². The van der Waals surface area contributed by atoms with Gasteiger partial charge in [-0.15, -0.1) is 0 Å². The van der Waals surface area contributed by atoms with Gasteiger partial charge in [-0.05, 0) is 54.4 Å². The maximum atomic E-state index is 12.7. The average Bonchev–Trinajstić information content (AvgIpc) is 3.41. The average molecular weight is 395 g/mol. The van der Waals surface area contributed by atoms with Crippen LogP contribution in [0.3, 0.4) is 0 Å². The van der Waals surface area contributed by atoms with Crippen LogP contribution in [0.5, 0.6) is 5.75 Å². The van der Waals surface area contributed by atoms with Crippen molar-refractivity contribution in [3.8, 4) is 5.75 Å². The van der Waals surface area contributed by atoms with E-state index in [1.807, 2.05) is 48.2 Å². The molecule has 0 aliphatic rings. The first-order valence-corrected chi connectivity index (χ1v) is 9.90. The molecule has 3 aromatic heterocycles. The smallest absolute Gasteiger partial charge is 0.287 e. The van der Waals surface area contributed by atoms with E-state index in [2.05, 4.69) is 21.9 Å². The molecule has 1 amide bonds. The number of furan rings is 1. The minimum Gasteiger partial charge on any atom is -0.493 e. The number of hydrogen-bond donors (Lipinski definition) is 1. The quantitative estimate of drug-likeness (QED) is 0.527. The summed E-state index contributed by atoms with van der Waals surface area (Å²) in [4.78, 5) is 12.7. The van der Waals surface area contributed by atoms with E-state index >= 15 is 0 Å². The molecule has 3 heterocycles. The molecule has 4 aromatic rings. The van der Waals surface area contributed by atoms with E-state index in [0.717, 1.165) is 22.3 Å². The van der Waals surface area contributed by atoms with Gasteiger partial charge in [0.05, 0.1) is 18.8 Å². The van der Waals surface area contributed by atoms with Gasteiger partial charge in [0.15, 0.2) is 17.1 Å². The largest absolute Gasteiger partial charge is 0.493 e. The third kappa shape index (κ3) is 3.41. The summed E-state index contributed by atoms with van der Waals surface area (Å²) in [6, 6.07) is 11.3. The standard InChI is InChI=1S/C21H21N3O3S/c1-13-9-14(2)24(23-13)17(16-7-8-28-12-16)11-22-21(25)19-10-15-5-4-6-18(26-3)20(15)27-19/h4-10,12,17H,11H2,1-3H3,(H,22,25)/t17-/m1/s1. The van der Waals surface area contributed by atoms with Crippen LogP contribution in [0, 0.1) is 13.8 Å². The van der Waals surface area contributed by atoms with E-state index in [1.165, 1.54) is 0 Å². The molecule has 1 atom stereocenters. The Labute approximate surface area is 166 Å². The second-order valence-corrected chi connectivity index (χ2v) is 7.42. The first-order chi connectivity index (χ1) is 13.6. The predicted molar refractivity (Wildman–Crippen MR) is 109 cm³/mol. The molecular formula is C21H21N3O3S. The molecule has 0 unspecified atom stereocenters. The van der Waals surface area contributed by atoms with Gasteiger partial charge in [0.1, 0.15) is 0 Å². The number of aryl methyl sites for hydroxylation is 2. The minimum absolute atomic E-state index is 0.0807. The fourth-order valence-corrected chi connectivity index (χ4v) is 4.06. The van der Waals surface area contributed by atoms with Gasteiger partial charge in [-0.1, -0.05) is 12.1 Å². The molecule has 28 heavy (non-hydrogen) atoms. The third-order valence-electron chi connectivity index (χ3n) is 4.68. The Hall–Kier alpha value is -3.06. The SMILES string of the molecule is COc1cccc2cc(C(=O)NC[C@H](c3ccsc3)n3nc(C)cc3C)oc12. The number of hydrogen-bond acceptors (Lipinski definition) is 5. The Balaban J connectivity index is 1.57. The van der Waals surface area contributed by atoms with Crippen LogP contribution in [0.15, 0.2) is 51.6 Å². The van der Waals surface area contributed by atoms with Crippen LogP contribution in [0.25, 0.3) is 11.0 Å². The number of fused-ring (bicyclic) bond motifs is 1. The molecule has 0 spiro atoms. The number of benzene rings is 1. The first-order valence-electron chi connectivity index (χ1n) is 8.96. The monoisotopic (exact) mass is 395 g/mol. The van der Waals surface area contributed by atoms with Crippen molar-refractivity contribution in [2.24, 2.45) is 0 Å². The number of carbonyl (C=O) groups excluding carboxylic acids is 1. The normalized spacial score (nSPS) is 12.2. The summed E-state index contributed by atoms with van der Waals surface area (Å²) in [6.07, 6.45) is 0. The number of amides is 1. The van der Waals surface area contributed by atoms with Crippen LogP contribution in [0.2, 0.25) is 0 Å². The number of nitrogens with one attached hydrogen (secondary N) is 1. The van der Waals surface area contributed by atoms with Crippen LogP contribution in [0.4, 0.5) is 0 Å². The van der Waals surface area contributed by atoms with Crippen molar-refractivity contribution >= 4 is 28.2 Å². The van der Waals surface area contributed by atoms with Gasteiger partial charge in [0, 0.05) is 17.6 Å². The number of methoxy groups -OCH3 is 1. The van der Waals surface area contributed by atoms with E-state index in [-0.39, 0.29) is 17.7 Å². The van der Waals surface area contributed by atoms with Gasteiger partial charge < -0.3 is 14.5 Å². The third-order valence-corrected chi connectivity index (χ3v) is 5.38. The molecule has 7 heteroatoms. The fourth-order valence-electron chi connectivity index (χ4n) is 3.36. The zero-order chi connectivity index (χ0) is 19.7. The van der Waals surface area contributed by atoms with Gasteiger partial charge in [0.25, 0.3) is 5.91 Å². The first kappa shape index (κ1) is 18.3. The van der Waals surface area contributed by atoms with E-state index < -0.39 is 0 Å². The zero-order valence-corrected chi connectivity index (χ0v) is 16.7. The molecule has 0 saturated carbocycles. The van der Waals surface area contributed by atoms with Crippen molar-refractivity contribution in [1.82, 2.24) is 15.1 Å². The fraction of sp³-hybridized carbons (Fsp3) is 0.238. The van der Waals surface area contributed by atoms with E-state index in [4.69, 9.17) is 9.15 Å². The number of rotatable bonds is 6. The number of nitrogens with zero attached hydrogens (tertiary/aromatic N) is 2. The topological polar surface area (TPSA) is 69.3 Å². The highest BCUT2D eigenvalue weighted by molar-refractivity contribution is 7.08. The number of aromatic nitrogens is 2. The molecule has 1 aromatic carbocycles. The molecular weight excluding hydrogens is 374 g/mol. The maximum absolute atomic E-state index is 12.7. The van der Waals surface area contributed by atoms with Crippen molar-refractivity contribution < 1.29 is 13.9 Å². The number of carbonyl (C=O) groups is 1. The van der Waals surface area contributed by atoms with Gasteiger partial charge in [-0.2, -0.15) is 16.4 Å². The van der Waals surface area contributed by atoms with E-state index in [0.29, 0.717) is 17.9 Å². The number of ether oxygens (including phenoxy) is 1. The lowest BCUT2D eigenvalue weighted by molar-refractivity contribution is 0.0923. The Morgan fingerprint density at radius 1 is 1.32 bits per heavy atom. The van der Waals surface area contributed by atoms with Gasteiger partial charge in [-0.3, -0.25) is 9.48 Å². The lowest BCUT2D eigenvalue weighted by Crippen LogP contribution is -2.31. The van der Waals surface area contributed by atoms with Crippen LogP contribution < -0.4 is 10.1 Å². The van der Waals surface area contributed by atoms with Crippen molar-refractivity contribution in [2.75, 3.05) is 13.7 Å². The highest BCUT2D eigenvalue weighted by atomic mass is 32.1. The van der Waals surface area contributed by atoms with E-state index in [9.17, 15) is 4.79 Å².